The summed E-state index contributed by atoms with van der Waals surface area (Å²) in [6.07, 6.45) is 4.80. The van der Waals surface area contributed by atoms with Crippen LogP contribution in [-0.4, -0.2) is 40.5 Å². The highest BCUT2D eigenvalue weighted by Crippen LogP contribution is 2.52. The van der Waals surface area contributed by atoms with Crippen LogP contribution in [0.2, 0.25) is 0 Å². The SMILES string of the molecule is CC#CCOc1cnc(/C(F)=C/c2ccc(F)c([C@@]3(C)N=C(N)S[C@](C)(S(C)(=O)=O)[C@H]3C)c2)cn1. The van der Waals surface area contributed by atoms with Gasteiger partial charge in [-0.05, 0) is 44.5 Å². The van der Waals surface area contributed by atoms with Crippen molar-refractivity contribution in [2.45, 2.75) is 37.3 Å². The number of thioether (sulfide) groups is 1. The molecule has 0 saturated heterocycles. The minimum absolute atomic E-state index is 0.0348. The van der Waals surface area contributed by atoms with Gasteiger partial charge in [-0.2, -0.15) is 0 Å². The fraction of sp³-hybridized carbons (Fsp3) is 0.375. The van der Waals surface area contributed by atoms with E-state index in [-0.39, 0.29) is 28.9 Å². The van der Waals surface area contributed by atoms with Crippen molar-refractivity contribution in [3.8, 4) is 17.7 Å². The van der Waals surface area contributed by atoms with Gasteiger partial charge in [0.1, 0.15) is 15.6 Å². The van der Waals surface area contributed by atoms with Crippen molar-refractivity contribution in [2.75, 3.05) is 12.9 Å². The van der Waals surface area contributed by atoms with Gasteiger partial charge in [-0.15, -0.1) is 5.92 Å². The summed E-state index contributed by atoms with van der Waals surface area (Å²) in [6.45, 7) is 6.70. The molecule has 0 amide bonds. The number of benzene rings is 1. The number of amidine groups is 1. The summed E-state index contributed by atoms with van der Waals surface area (Å²) in [5.74, 6) is 3.65. The number of halogens is 2. The second kappa shape index (κ2) is 9.95. The standard InChI is InChI=1S/C24H26F2N4O3S2/c1-6-7-10-33-21-14-28-20(13-29-21)19(26)12-16-8-9-18(25)17(11-16)23(3)15(2)24(4,35(5,31)32)34-22(27)30-23/h8-9,11-15H,10H2,1-5H3,(H2,27,30)/b19-12-/t15-,23-,24+/m0/s1. The molecule has 1 aromatic heterocycles. The van der Waals surface area contributed by atoms with Crippen molar-refractivity contribution in [1.29, 1.82) is 0 Å². The van der Waals surface area contributed by atoms with Gasteiger partial charge in [0, 0.05) is 17.7 Å². The minimum atomic E-state index is -3.60. The first-order valence-corrected chi connectivity index (χ1v) is 13.3. The molecule has 0 spiro atoms. The van der Waals surface area contributed by atoms with Crippen molar-refractivity contribution in [1.82, 2.24) is 9.97 Å². The Hall–Kier alpha value is -2.97. The van der Waals surface area contributed by atoms with E-state index in [0.717, 1.165) is 18.0 Å². The van der Waals surface area contributed by atoms with Crippen LogP contribution in [0.5, 0.6) is 5.88 Å². The fourth-order valence-corrected chi connectivity index (χ4v) is 6.57. The number of hydrogen-bond acceptors (Lipinski definition) is 8. The molecule has 1 aliphatic heterocycles. The fourth-order valence-electron chi connectivity index (χ4n) is 3.78. The van der Waals surface area contributed by atoms with Crippen molar-refractivity contribution >= 4 is 38.7 Å². The molecule has 0 aliphatic carbocycles. The zero-order valence-corrected chi connectivity index (χ0v) is 21.6. The van der Waals surface area contributed by atoms with E-state index in [1.165, 1.54) is 36.7 Å². The quantitative estimate of drug-likeness (QED) is 0.570. The highest BCUT2D eigenvalue weighted by Gasteiger charge is 2.55. The van der Waals surface area contributed by atoms with Gasteiger partial charge in [-0.1, -0.05) is 30.7 Å². The van der Waals surface area contributed by atoms with Gasteiger partial charge < -0.3 is 10.5 Å². The molecule has 2 heterocycles. The van der Waals surface area contributed by atoms with E-state index in [9.17, 15) is 12.8 Å². The maximum absolute atomic E-state index is 15.1. The molecule has 0 bridgehead atoms. The van der Waals surface area contributed by atoms with Gasteiger partial charge in [0.2, 0.25) is 5.88 Å². The molecular formula is C24H26F2N4O3S2. The first-order chi connectivity index (χ1) is 16.3. The average molecular weight is 521 g/mol. The van der Waals surface area contributed by atoms with Crippen LogP contribution in [0.4, 0.5) is 8.78 Å². The van der Waals surface area contributed by atoms with Crippen LogP contribution >= 0.6 is 11.8 Å². The third-order valence-corrected chi connectivity index (χ3v) is 10.2. The first-order valence-electron chi connectivity index (χ1n) is 10.6. The molecule has 0 unspecified atom stereocenters. The summed E-state index contributed by atoms with van der Waals surface area (Å²) in [4.78, 5) is 12.5. The predicted octanol–water partition coefficient (Wildman–Crippen LogP) is 4.16. The van der Waals surface area contributed by atoms with Crippen molar-refractivity contribution in [3.63, 3.8) is 0 Å². The van der Waals surface area contributed by atoms with E-state index in [2.05, 4.69) is 26.8 Å². The topological polar surface area (TPSA) is 108 Å². The number of hydrogen-bond donors (Lipinski definition) is 1. The van der Waals surface area contributed by atoms with Crippen LogP contribution in [-0.2, 0) is 15.4 Å². The van der Waals surface area contributed by atoms with Crippen LogP contribution in [0.3, 0.4) is 0 Å². The lowest BCUT2D eigenvalue weighted by molar-refractivity contribution is 0.292. The minimum Gasteiger partial charge on any atom is -0.463 e. The Kier molecular flexibility index (Phi) is 7.57. The molecule has 7 nitrogen and oxygen atoms in total. The van der Waals surface area contributed by atoms with Gasteiger partial charge in [0.15, 0.2) is 27.4 Å². The second-order valence-corrected chi connectivity index (χ2v) is 12.5. The number of nitrogens with zero attached hydrogens (tertiary/aromatic N) is 3. The van der Waals surface area contributed by atoms with E-state index in [4.69, 9.17) is 10.5 Å². The third-order valence-electron chi connectivity index (χ3n) is 6.19. The molecular weight excluding hydrogens is 494 g/mol. The normalized spacial score (nSPS) is 24.8. The maximum Gasteiger partial charge on any atom is 0.233 e. The van der Waals surface area contributed by atoms with Crippen LogP contribution in [0, 0.1) is 23.6 Å². The van der Waals surface area contributed by atoms with E-state index >= 15 is 4.39 Å². The van der Waals surface area contributed by atoms with E-state index in [1.807, 2.05) is 0 Å². The zero-order chi connectivity index (χ0) is 26.0. The molecule has 2 N–H and O–H groups in total. The van der Waals surface area contributed by atoms with Crippen LogP contribution in [0.25, 0.3) is 11.9 Å². The number of sulfone groups is 1. The highest BCUT2D eigenvalue weighted by molar-refractivity contribution is 8.23. The monoisotopic (exact) mass is 520 g/mol. The highest BCUT2D eigenvalue weighted by atomic mass is 32.3. The Balaban J connectivity index is 1.98. The van der Waals surface area contributed by atoms with E-state index < -0.39 is 37.0 Å². The Morgan fingerprint density at radius 1 is 1.31 bits per heavy atom. The van der Waals surface area contributed by atoms with E-state index in [0.29, 0.717) is 5.56 Å². The average Bonchev–Trinajstić information content (AvgIpc) is 2.78. The van der Waals surface area contributed by atoms with Crippen molar-refractivity contribution < 1.29 is 21.9 Å². The smallest absolute Gasteiger partial charge is 0.233 e. The van der Waals surface area contributed by atoms with Crippen molar-refractivity contribution in [3.05, 3.63) is 53.2 Å². The molecule has 2 aromatic rings. The Morgan fingerprint density at radius 3 is 2.63 bits per heavy atom. The Morgan fingerprint density at radius 2 is 2.03 bits per heavy atom. The summed E-state index contributed by atoms with van der Waals surface area (Å²) in [5.41, 5.74) is 5.10. The molecule has 3 rings (SSSR count). The lowest BCUT2D eigenvalue weighted by atomic mass is 9.78. The maximum atomic E-state index is 15.1. The molecule has 3 atom stereocenters. The Bertz CT molecular complexity index is 1350. The first kappa shape index (κ1) is 26.6. The molecule has 0 saturated carbocycles. The lowest BCUT2D eigenvalue weighted by Gasteiger charge is -2.46. The van der Waals surface area contributed by atoms with Gasteiger partial charge in [-0.25, -0.2) is 27.2 Å². The molecule has 11 heteroatoms. The molecule has 1 aliphatic rings. The van der Waals surface area contributed by atoms with Gasteiger partial charge in [0.25, 0.3) is 0 Å². The summed E-state index contributed by atoms with van der Waals surface area (Å²) in [5, 5.41) is 0.0348. The van der Waals surface area contributed by atoms with Crippen LogP contribution in [0.15, 0.2) is 35.6 Å². The largest absolute Gasteiger partial charge is 0.463 e. The Labute approximate surface area is 208 Å². The van der Waals surface area contributed by atoms with Gasteiger partial charge in [0.05, 0.1) is 17.9 Å². The van der Waals surface area contributed by atoms with Crippen LogP contribution in [0.1, 0.15) is 44.5 Å². The lowest BCUT2D eigenvalue weighted by Crippen LogP contribution is -2.52. The second-order valence-electron chi connectivity index (χ2n) is 8.40. The summed E-state index contributed by atoms with van der Waals surface area (Å²) in [7, 11) is -3.60. The number of nitrogens with two attached hydrogens (primary N) is 1. The number of aromatic nitrogens is 2. The summed E-state index contributed by atoms with van der Waals surface area (Å²) < 4.78 is 59.2. The molecule has 1 aromatic carbocycles. The summed E-state index contributed by atoms with van der Waals surface area (Å²) in [6, 6.07) is 4.03. The predicted molar refractivity (Wildman–Crippen MR) is 135 cm³/mol. The van der Waals surface area contributed by atoms with Gasteiger partial charge in [-0.3, -0.25) is 4.99 Å². The van der Waals surface area contributed by atoms with Crippen molar-refractivity contribution in [2.24, 2.45) is 16.6 Å². The molecule has 186 valence electrons. The van der Waals surface area contributed by atoms with Crippen LogP contribution < -0.4 is 10.5 Å². The zero-order valence-electron chi connectivity index (χ0n) is 20.0. The summed E-state index contributed by atoms with van der Waals surface area (Å²) >= 11 is 0.938. The molecule has 0 radical (unpaired) electrons. The third kappa shape index (κ3) is 5.33. The molecule has 35 heavy (non-hydrogen) atoms. The molecule has 0 fully saturated rings. The van der Waals surface area contributed by atoms with E-state index in [1.54, 1.807) is 27.7 Å². The number of rotatable bonds is 6. The van der Waals surface area contributed by atoms with Gasteiger partial charge >= 0.3 is 0 Å². The number of ether oxygens (including phenoxy) is 1. The number of aliphatic imine (C=N–C) groups is 1.